The van der Waals surface area contributed by atoms with Crippen molar-refractivity contribution in [2.45, 2.75) is 25.4 Å². The molecule has 0 aliphatic carbocycles. The molecule has 2 nitrogen and oxygen atoms in total. The summed E-state index contributed by atoms with van der Waals surface area (Å²) in [6, 6.07) is 14.2. The number of rotatable bonds is 4. The minimum absolute atomic E-state index is 0.260. The molecule has 1 atom stereocenters. The third kappa shape index (κ3) is 3.46. The van der Waals surface area contributed by atoms with Gasteiger partial charge in [0.25, 0.3) is 0 Å². The van der Waals surface area contributed by atoms with E-state index in [0.29, 0.717) is 12.8 Å². The molecule has 4 heteroatoms. The quantitative estimate of drug-likeness (QED) is 0.791. The highest BCUT2D eigenvalue weighted by molar-refractivity contribution is 7.18. The lowest BCUT2D eigenvalue weighted by Crippen LogP contribution is -2.30. The minimum atomic E-state index is -0.897. The number of nitrogens with zero attached hydrogens (tertiary/aromatic N) is 1. The van der Waals surface area contributed by atoms with Crippen LogP contribution in [0.3, 0.4) is 0 Å². The van der Waals surface area contributed by atoms with Crippen molar-refractivity contribution in [3.8, 4) is 0 Å². The maximum atomic E-state index is 12.9. The van der Waals surface area contributed by atoms with Crippen molar-refractivity contribution >= 4 is 21.6 Å². The third-order valence-corrected chi connectivity index (χ3v) is 4.40. The summed E-state index contributed by atoms with van der Waals surface area (Å²) in [7, 11) is 0. The maximum absolute atomic E-state index is 12.9. The Hall–Kier alpha value is -1.78. The molecule has 0 spiro atoms. The molecule has 2 aromatic carbocycles. The van der Waals surface area contributed by atoms with Crippen LogP contribution in [0.5, 0.6) is 0 Å². The van der Waals surface area contributed by atoms with E-state index in [2.05, 4.69) is 4.98 Å². The van der Waals surface area contributed by atoms with Gasteiger partial charge in [0.1, 0.15) is 5.82 Å². The SMILES string of the molecule is CC(O)(Cc1ccc(F)cc1)Cc1nc2ccccc2s1. The van der Waals surface area contributed by atoms with Crippen molar-refractivity contribution in [3.63, 3.8) is 0 Å². The molecule has 21 heavy (non-hydrogen) atoms. The van der Waals surface area contributed by atoms with E-state index in [9.17, 15) is 9.50 Å². The van der Waals surface area contributed by atoms with E-state index in [0.717, 1.165) is 20.8 Å². The van der Waals surface area contributed by atoms with E-state index in [1.165, 1.54) is 12.1 Å². The molecule has 0 bridgehead atoms. The summed E-state index contributed by atoms with van der Waals surface area (Å²) in [6.45, 7) is 1.79. The smallest absolute Gasteiger partial charge is 0.123 e. The normalized spacial score (nSPS) is 14.2. The molecule has 1 heterocycles. The Labute approximate surface area is 126 Å². The van der Waals surface area contributed by atoms with Gasteiger partial charge in [0.2, 0.25) is 0 Å². The molecule has 0 fully saturated rings. The molecule has 3 rings (SSSR count). The molecule has 0 saturated heterocycles. The highest BCUT2D eigenvalue weighted by Crippen LogP contribution is 2.26. The molecule has 0 amide bonds. The number of aromatic nitrogens is 1. The molecule has 1 unspecified atom stereocenters. The summed E-state index contributed by atoms with van der Waals surface area (Å²) in [5.41, 5.74) is 0.990. The Bertz CT molecular complexity index is 716. The molecule has 3 aromatic rings. The molecular formula is C17H16FNOS. The number of aliphatic hydroxyl groups is 1. The maximum Gasteiger partial charge on any atom is 0.123 e. The Morgan fingerprint density at radius 3 is 2.52 bits per heavy atom. The van der Waals surface area contributed by atoms with Gasteiger partial charge in [-0.3, -0.25) is 0 Å². The zero-order valence-electron chi connectivity index (χ0n) is 11.7. The Kier molecular flexibility index (Phi) is 3.74. The van der Waals surface area contributed by atoms with Crippen LogP contribution in [-0.2, 0) is 12.8 Å². The van der Waals surface area contributed by atoms with E-state index in [1.807, 2.05) is 24.3 Å². The van der Waals surface area contributed by atoms with Crippen molar-refractivity contribution in [2.24, 2.45) is 0 Å². The molecule has 108 valence electrons. The topological polar surface area (TPSA) is 33.1 Å². The van der Waals surface area contributed by atoms with Crippen molar-refractivity contribution in [2.75, 3.05) is 0 Å². The highest BCUT2D eigenvalue weighted by Gasteiger charge is 2.23. The monoisotopic (exact) mass is 301 g/mol. The van der Waals surface area contributed by atoms with E-state index < -0.39 is 5.60 Å². The highest BCUT2D eigenvalue weighted by atomic mass is 32.1. The number of thiazole rings is 1. The predicted octanol–water partition coefficient (Wildman–Crippen LogP) is 3.97. The molecular weight excluding hydrogens is 285 g/mol. The second-order valence-electron chi connectivity index (χ2n) is 5.55. The van der Waals surface area contributed by atoms with Crippen LogP contribution < -0.4 is 0 Å². The van der Waals surface area contributed by atoms with Gasteiger partial charge in [-0.25, -0.2) is 9.37 Å². The molecule has 0 aliphatic rings. The standard InChI is InChI=1S/C17H16FNOS/c1-17(20,10-12-6-8-13(18)9-7-12)11-16-19-14-4-2-3-5-15(14)21-16/h2-9,20H,10-11H2,1H3. The fraction of sp³-hybridized carbons (Fsp3) is 0.235. The zero-order valence-corrected chi connectivity index (χ0v) is 12.5. The van der Waals surface area contributed by atoms with Crippen LogP contribution in [0.1, 0.15) is 17.5 Å². The average molecular weight is 301 g/mol. The first-order valence-corrected chi connectivity index (χ1v) is 7.65. The second-order valence-corrected chi connectivity index (χ2v) is 6.67. The summed E-state index contributed by atoms with van der Waals surface area (Å²) >= 11 is 1.61. The Balaban J connectivity index is 1.76. The summed E-state index contributed by atoms with van der Waals surface area (Å²) in [4.78, 5) is 4.55. The van der Waals surface area contributed by atoms with E-state index in [1.54, 1.807) is 30.4 Å². The average Bonchev–Trinajstić information content (AvgIpc) is 2.82. The molecule has 0 saturated carbocycles. The summed E-state index contributed by atoms with van der Waals surface area (Å²) < 4.78 is 14.0. The second kappa shape index (κ2) is 5.54. The van der Waals surface area contributed by atoms with Gasteiger partial charge >= 0.3 is 0 Å². The fourth-order valence-electron chi connectivity index (χ4n) is 2.43. The van der Waals surface area contributed by atoms with Crippen LogP contribution in [0.25, 0.3) is 10.2 Å². The first-order valence-electron chi connectivity index (χ1n) is 6.83. The van der Waals surface area contributed by atoms with Crippen molar-refractivity contribution in [1.29, 1.82) is 0 Å². The van der Waals surface area contributed by atoms with Crippen LogP contribution in [-0.4, -0.2) is 15.7 Å². The van der Waals surface area contributed by atoms with Crippen LogP contribution in [0, 0.1) is 5.82 Å². The van der Waals surface area contributed by atoms with E-state index in [4.69, 9.17) is 0 Å². The van der Waals surface area contributed by atoms with Gasteiger partial charge in [-0.05, 0) is 36.8 Å². The summed E-state index contributed by atoms with van der Waals surface area (Å²) in [5, 5.41) is 11.5. The number of halogens is 1. The van der Waals surface area contributed by atoms with Gasteiger partial charge in [-0.15, -0.1) is 11.3 Å². The lowest BCUT2D eigenvalue weighted by atomic mass is 9.93. The minimum Gasteiger partial charge on any atom is -0.389 e. The molecule has 1 aromatic heterocycles. The summed E-state index contributed by atoms with van der Waals surface area (Å²) in [6.07, 6.45) is 0.965. The van der Waals surface area contributed by atoms with Gasteiger partial charge in [-0.2, -0.15) is 0 Å². The van der Waals surface area contributed by atoms with Crippen LogP contribution in [0.2, 0.25) is 0 Å². The number of benzene rings is 2. The van der Waals surface area contributed by atoms with Gasteiger partial charge in [0.15, 0.2) is 0 Å². The number of hydrogen-bond acceptors (Lipinski definition) is 3. The van der Waals surface area contributed by atoms with E-state index in [-0.39, 0.29) is 5.82 Å². The first-order chi connectivity index (χ1) is 10.0. The molecule has 0 aliphatic heterocycles. The van der Waals surface area contributed by atoms with Gasteiger partial charge in [0.05, 0.1) is 20.8 Å². The Morgan fingerprint density at radius 1 is 1.10 bits per heavy atom. The predicted molar refractivity (Wildman–Crippen MR) is 84.1 cm³/mol. The van der Waals surface area contributed by atoms with Crippen LogP contribution >= 0.6 is 11.3 Å². The van der Waals surface area contributed by atoms with Crippen molar-refractivity contribution in [1.82, 2.24) is 4.98 Å². The lowest BCUT2D eigenvalue weighted by Gasteiger charge is -2.22. The Morgan fingerprint density at radius 2 is 1.81 bits per heavy atom. The van der Waals surface area contributed by atoms with Gasteiger partial charge in [0, 0.05) is 12.8 Å². The van der Waals surface area contributed by atoms with Crippen LogP contribution in [0.15, 0.2) is 48.5 Å². The number of fused-ring (bicyclic) bond motifs is 1. The van der Waals surface area contributed by atoms with Gasteiger partial charge < -0.3 is 5.11 Å². The fourth-order valence-corrected chi connectivity index (χ4v) is 3.57. The first kappa shape index (κ1) is 14.2. The number of hydrogen-bond donors (Lipinski definition) is 1. The van der Waals surface area contributed by atoms with Crippen LogP contribution in [0.4, 0.5) is 4.39 Å². The molecule has 0 radical (unpaired) electrons. The third-order valence-electron chi connectivity index (χ3n) is 3.37. The van der Waals surface area contributed by atoms with Crippen molar-refractivity contribution in [3.05, 3.63) is 64.9 Å². The largest absolute Gasteiger partial charge is 0.389 e. The summed E-state index contributed by atoms with van der Waals surface area (Å²) in [5.74, 6) is -0.260. The van der Waals surface area contributed by atoms with Gasteiger partial charge in [-0.1, -0.05) is 24.3 Å². The number of para-hydroxylation sites is 1. The molecule has 1 N–H and O–H groups in total. The van der Waals surface area contributed by atoms with E-state index >= 15 is 0 Å². The zero-order chi connectivity index (χ0) is 14.9. The van der Waals surface area contributed by atoms with Crippen molar-refractivity contribution < 1.29 is 9.50 Å². The lowest BCUT2D eigenvalue weighted by molar-refractivity contribution is 0.0608.